The molecule has 3 fully saturated rings. The minimum atomic E-state index is -0.972. The molecule has 1 aromatic rings. The zero-order valence-electron chi connectivity index (χ0n) is 16.7. The van der Waals surface area contributed by atoms with E-state index in [9.17, 15) is 14.4 Å². The second-order valence-corrected chi connectivity index (χ2v) is 8.25. The van der Waals surface area contributed by atoms with Gasteiger partial charge in [0.25, 0.3) is 5.91 Å². The number of methoxy groups -OCH3 is 2. The highest BCUT2D eigenvalue weighted by Gasteiger charge is 2.82. The second-order valence-electron chi connectivity index (χ2n) is 8.25. The van der Waals surface area contributed by atoms with E-state index in [1.165, 1.54) is 26.2 Å². The van der Waals surface area contributed by atoms with E-state index < -0.39 is 22.8 Å². The molecule has 7 nitrogen and oxygen atoms in total. The number of hydrogen-bond donors (Lipinski definition) is 1. The quantitative estimate of drug-likeness (QED) is 0.723. The van der Waals surface area contributed by atoms with E-state index in [1.807, 2.05) is 24.3 Å². The van der Waals surface area contributed by atoms with E-state index in [2.05, 4.69) is 5.32 Å². The Hall–Kier alpha value is -2.12. The van der Waals surface area contributed by atoms with Crippen molar-refractivity contribution in [2.45, 2.75) is 19.3 Å². The first kappa shape index (κ1) is 21.6. The summed E-state index contributed by atoms with van der Waals surface area (Å²) in [5.74, 6) is -0.428. The van der Waals surface area contributed by atoms with Crippen molar-refractivity contribution >= 4 is 30.3 Å². The standard InChI is InChI=1S/C21H26N2O5.ClH/c1-27-18(25)20-11-21(20,19(26)28-2)13-23(12-20)17(24)16-5-3-14(4-6-16)9-15-7-8-22-10-15;/h3-6,15,22H,7-13H2,1-2H3;1H/t15?,20-,21+;. The number of nitrogens with one attached hydrogen (secondary N) is 1. The van der Waals surface area contributed by atoms with Crippen molar-refractivity contribution in [1.82, 2.24) is 10.2 Å². The number of carbonyl (C=O) groups excluding carboxylic acids is 3. The maximum Gasteiger partial charge on any atom is 0.314 e. The molecule has 8 heteroatoms. The van der Waals surface area contributed by atoms with Gasteiger partial charge in [-0.1, -0.05) is 12.1 Å². The van der Waals surface area contributed by atoms with Crippen molar-refractivity contribution in [1.29, 1.82) is 0 Å². The monoisotopic (exact) mass is 422 g/mol. The van der Waals surface area contributed by atoms with Crippen LogP contribution < -0.4 is 5.32 Å². The molecule has 2 aliphatic heterocycles. The summed E-state index contributed by atoms with van der Waals surface area (Å²) in [6, 6.07) is 7.66. The molecule has 0 radical (unpaired) electrons. The van der Waals surface area contributed by atoms with Gasteiger partial charge in [0.15, 0.2) is 0 Å². The first-order valence-corrected chi connectivity index (χ1v) is 9.71. The average Bonchev–Trinajstić information content (AvgIpc) is 3.04. The third-order valence-corrected chi connectivity index (χ3v) is 6.64. The highest BCUT2D eigenvalue weighted by atomic mass is 35.5. The smallest absolute Gasteiger partial charge is 0.314 e. The van der Waals surface area contributed by atoms with E-state index in [0.29, 0.717) is 17.9 Å². The number of carbonyl (C=O) groups is 3. The topological polar surface area (TPSA) is 84.9 Å². The number of piperidine rings is 1. The number of likely N-dealkylation sites (tertiary alicyclic amines) is 1. The van der Waals surface area contributed by atoms with Crippen molar-refractivity contribution in [3.8, 4) is 0 Å². The predicted molar refractivity (Wildman–Crippen MR) is 108 cm³/mol. The molecule has 1 unspecified atom stereocenters. The van der Waals surface area contributed by atoms with Crippen LogP contribution in [0.5, 0.6) is 0 Å². The number of rotatable bonds is 5. The molecule has 0 spiro atoms. The van der Waals surface area contributed by atoms with Crippen LogP contribution in [0.25, 0.3) is 0 Å². The van der Waals surface area contributed by atoms with Gasteiger partial charge in [0, 0.05) is 18.7 Å². The van der Waals surface area contributed by atoms with Crippen molar-refractivity contribution < 1.29 is 23.9 Å². The lowest BCUT2D eigenvalue weighted by Gasteiger charge is -2.21. The zero-order chi connectivity index (χ0) is 19.9. The van der Waals surface area contributed by atoms with E-state index in [1.54, 1.807) is 4.90 Å². The van der Waals surface area contributed by atoms with Crippen LogP contribution in [0.3, 0.4) is 0 Å². The highest BCUT2D eigenvalue weighted by molar-refractivity contribution is 6.00. The largest absolute Gasteiger partial charge is 0.469 e. The molecule has 0 aromatic heterocycles. The van der Waals surface area contributed by atoms with Crippen LogP contribution in [-0.2, 0) is 25.5 Å². The Labute approximate surface area is 176 Å². The molecular weight excluding hydrogens is 396 g/mol. The van der Waals surface area contributed by atoms with Gasteiger partial charge in [-0.25, -0.2) is 0 Å². The Kier molecular flexibility index (Phi) is 5.92. The van der Waals surface area contributed by atoms with E-state index >= 15 is 0 Å². The molecule has 2 saturated heterocycles. The maximum absolute atomic E-state index is 13.0. The van der Waals surface area contributed by atoms with Crippen LogP contribution in [0, 0.1) is 16.7 Å². The number of amides is 1. The molecule has 1 N–H and O–H groups in total. The van der Waals surface area contributed by atoms with E-state index in [-0.39, 0.29) is 31.4 Å². The fourth-order valence-electron chi connectivity index (χ4n) is 4.98. The van der Waals surface area contributed by atoms with Gasteiger partial charge < -0.3 is 19.7 Å². The molecule has 29 heavy (non-hydrogen) atoms. The zero-order valence-corrected chi connectivity index (χ0v) is 17.5. The van der Waals surface area contributed by atoms with Crippen LogP contribution in [0.4, 0.5) is 0 Å². The first-order valence-electron chi connectivity index (χ1n) is 9.71. The number of nitrogens with zero attached hydrogens (tertiary/aromatic N) is 1. The number of benzene rings is 1. The summed E-state index contributed by atoms with van der Waals surface area (Å²) in [6.07, 6.45) is 2.55. The summed E-state index contributed by atoms with van der Waals surface area (Å²) < 4.78 is 9.84. The first-order chi connectivity index (χ1) is 13.5. The van der Waals surface area contributed by atoms with Crippen LogP contribution >= 0.6 is 12.4 Å². The van der Waals surface area contributed by atoms with E-state index in [0.717, 1.165) is 19.5 Å². The lowest BCUT2D eigenvalue weighted by molar-refractivity contribution is -0.155. The summed E-state index contributed by atoms with van der Waals surface area (Å²) in [5.41, 5.74) is -0.166. The number of esters is 2. The molecule has 1 saturated carbocycles. The summed E-state index contributed by atoms with van der Waals surface area (Å²) >= 11 is 0. The van der Waals surface area contributed by atoms with Gasteiger partial charge in [0.1, 0.15) is 10.8 Å². The summed E-state index contributed by atoms with van der Waals surface area (Å²) in [7, 11) is 2.61. The molecule has 3 aliphatic rings. The van der Waals surface area contributed by atoms with Crippen molar-refractivity contribution in [3.05, 3.63) is 35.4 Å². The fraction of sp³-hybridized carbons (Fsp3) is 0.571. The van der Waals surface area contributed by atoms with Gasteiger partial charge >= 0.3 is 11.9 Å². The molecule has 1 aromatic carbocycles. The fourth-order valence-corrected chi connectivity index (χ4v) is 4.98. The third-order valence-electron chi connectivity index (χ3n) is 6.64. The third kappa shape index (κ3) is 3.40. The Morgan fingerprint density at radius 2 is 1.66 bits per heavy atom. The van der Waals surface area contributed by atoms with E-state index in [4.69, 9.17) is 9.47 Å². The van der Waals surface area contributed by atoms with Crippen molar-refractivity contribution in [2.24, 2.45) is 16.7 Å². The van der Waals surface area contributed by atoms with Crippen LogP contribution in [0.2, 0.25) is 0 Å². The van der Waals surface area contributed by atoms with Gasteiger partial charge in [0.2, 0.25) is 0 Å². The number of hydrogen-bond acceptors (Lipinski definition) is 6. The Bertz CT molecular complexity index is 778. The number of halogens is 1. The molecule has 2 heterocycles. The van der Waals surface area contributed by atoms with Crippen molar-refractivity contribution in [2.75, 3.05) is 40.4 Å². The number of ether oxygens (including phenoxy) is 2. The number of fused-ring (bicyclic) bond motifs is 1. The average molecular weight is 423 g/mol. The second kappa shape index (κ2) is 7.95. The molecule has 1 amide bonds. The molecule has 0 bridgehead atoms. The SMILES string of the molecule is COC(=O)[C@@]12CN(C(=O)c3ccc(CC4CCNC4)cc3)C[C@]1(C(=O)OC)C2.Cl. The molecule has 3 atom stereocenters. The maximum atomic E-state index is 13.0. The lowest BCUT2D eigenvalue weighted by Crippen LogP contribution is -2.34. The van der Waals surface area contributed by atoms with Crippen LogP contribution in [0.1, 0.15) is 28.8 Å². The lowest BCUT2D eigenvalue weighted by atomic mass is 9.96. The van der Waals surface area contributed by atoms with Gasteiger partial charge in [-0.05, 0) is 56.0 Å². The highest BCUT2D eigenvalue weighted by Crippen LogP contribution is 2.69. The Morgan fingerprint density at radius 3 is 2.14 bits per heavy atom. The minimum Gasteiger partial charge on any atom is -0.469 e. The molecular formula is C21H27ClN2O5. The Morgan fingerprint density at radius 1 is 1.07 bits per heavy atom. The van der Waals surface area contributed by atoms with Gasteiger partial charge in [0.05, 0.1) is 14.2 Å². The molecule has 158 valence electrons. The van der Waals surface area contributed by atoms with Crippen LogP contribution in [0.15, 0.2) is 24.3 Å². The van der Waals surface area contributed by atoms with Crippen LogP contribution in [-0.4, -0.2) is 63.1 Å². The van der Waals surface area contributed by atoms with Gasteiger partial charge in [-0.2, -0.15) is 0 Å². The molecule has 4 rings (SSSR count). The summed E-state index contributed by atoms with van der Waals surface area (Å²) in [5, 5.41) is 3.37. The van der Waals surface area contributed by atoms with Gasteiger partial charge in [-0.3, -0.25) is 14.4 Å². The summed E-state index contributed by atoms with van der Waals surface area (Å²) in [4.78, 5) is 39.3. The van der Waals surface area contributed by atoms with Crippen molar-refractivity contribution in [3.63, 3.8) is 0 Å². The minimum absolute atomic E-state index is 0. The Balaban J connectivity index is 0.00000240. The summed E-state index contributed by atoms with van der Waals surface area (Å²) in [6.45, 7) is 2.48. The normalized spacial score (nSPS) is 29.6. The predicted octanol–water partition coefficient (Wildman–Crippen LogP) is 1.44. The molecule has 1 aliphatic carbocycles. The van der Waals surface area contributed by atoms with Gasteiger partial charge in [-0.15, -0.1) is 12.4 Å².